The van der Waals surface area contributed by atoms with E-state index >= 15 is 0 Å². The summed E-state index contributed by atoms with van der Waals surface area (Å²) in [7, 11) is 2.00. The Hall–Kier alpha value is -1.23. The zero-order valence-electron chi connectivity index (χ0n) is 9.50. The molecule has 2 rings (SSSR count). The molecule has 0 radical (unpaired) electrons. The Balaban J connectivity index is 1.99. The first-order valence-corrected chi connectivity index (χ1v) is 5.47. The third kappa shape index (κ3) is 3.12. The van der Waals surface area contributed by atoms with Gasteiger partial charge in [-0.3, -0.25) is 0 Å². The number of benzene rings is 1. The van der Waals surface area contributed by atoms with Crippen LogP contribution < -0.4 is 4.74 Å². The van der Waals surface area contributed by atoms with Crippen LogP contribution in [0.3, 0.4) is 0 Å². The third-order valence-electron chi connectivity index (χ3n) is 2.83. The van der Waals surface area contributed by atoms with E-state index in [2.05, 4.69) is 4.90 Å². The maximum Gasteiger partial charge on any atom is 0.416 e. The zero-order valence-corrected chi connectivity index (χ0v) is 9.50. The summed E-state index contributed by atoms with van der Waals surface area (Å²) >= 11 is 0. The number of likely N-dealkylation sites (tertiary alicyclic amines) is 1. The van der Waals surface area contributed by atoms with Crippen LogP contribution in [0.5, 0.6) is 5.75 Å². The van der Waals surface area contributed by atoms with Crippen molar-refractivity contribution in [2.24, 2.45) is 0 Å². The fourth-order valence-electron chi connectivity index (χ4n) is 1.91. The van der Waals surface area contributed by atoms with Crippen molar-refractivity contribution >= 4 is 0 Å². The van der Waals surface area contributed by atoms with Gasteiger partial charge in [-0.2, -0.15) is 13.2 Å². The molecule has 94 valence electrons. The zero-order chi connectivity index (χ0) is 12.5. The van der Waals surface area contributed by atoms with E-state index in [9.17, 15) is 13.2 Å². The van der Waals surface area contributed by atoms with E-state index in [1.165, 1.54) is 12.1 Å². The molecule has 0 N–H and O–H groups in total. The molecule has 1 aromatic rings. The highest BCUT2D eigenvalue weighted by molar-refractivity contribution is 5.29. The van der Waals surface area contributed by atoms with Crippen molar-refractivity contribution in [1.82, 2.24) is 4.90 Å². The van der Waals surface area contributed by atoms with Crippen LogP contribution in [0.1, 0.15) is 12.0 Å². The molecule has 2 nitrogen and oxygen atoms in total. The predicted octanol–water partition coefficient (Wildman–Crippen LogP) is 2.79. The lowest BCUT2D eigenvalue weighted by Gasteiger charge is -2.14. The summed E-state index contributed by atoms with van der Waals surface area (Å²) in [6.07, 6.45) is -3.29. The van der Waals surface area contributed by atoms with Crippen LogP contribution in [0.4, 0.5) is 13.2 Å². The highest BCUT2D eigenvalue weighted by Crippen LogP contribution is 2.30. The minimum Gasteiger partial charge on any atom is -0.489 e. The number of hydrogen-bond donors (Lipinski definition) is 0. The van der Waals surface area contributed by atoms with E-state index in [1.807, 2.05) is 7.05 Å². The van der Waals surface area contributed by atoms with Crippen molar-refractivity contribution in [3.05, 3.63) is 29.8 Å². The van der Waals surface area contributed by atoms with E-state index in [4.69, 9.17) is 4.74 Å². The van der Waals surface area contributed by atoms with Crippen molar-refractivity contribution in [3.63, 3.8) is 0 Å². The molecule has 0 spiro atoms. The summed E-state index contributed by atoms with van der Waals surface area (Å²) < 4.78 is 42.6. The van der Waals surface area contributed by atoms with Gasteiger partial charge in [-0.1, -0.05) is 0 Å². The van der Waals surface area contributed by atoms with Crippen molar-refractivity contribution in [3.8, 4) is 5.75 Å². The fraction of sp³-hybridized carbons (Fsp3) is 0.500. The second-order valence-corrected chi connectivity index (χ2v) is 4.31. The maximum atomic E-state index is 12.3. The Labute approximate surface area is 98.0 Å². The largest absolute Gasteiger partial charge is 0.489 e. The predicted molar refractivity (Wildman–Crippen MR) is 58.0 cm³/mol. The SMILES string of the molecule is CN1CCC(Oc2ccc(C(F)(F)F)cc2)C1. The molecule has 1 saturated heterocycles. The van der Waals surface area contributed by atoms with E-state index < -0.39 is 11.7 Å². The standard InChI is InChI=1S/C12H14F3NO/c1-16-7-6-11(8-16)17-10-4-2-9(3-5-10)12(13,14)15/h2-5,11H,6-8H2,1H3. The molecular formula is C12H14F3NO. The molecule has 1 aliphatic rings. The van der Waals surface area contributed by atoms with Crippen LogP contribution in [0.15, 0.2) is 24.3 Å². The van der Waals surface area contributed by atoms with Crippen molar-refractivity contribution in [1.29, 1.82) is 0 Å². The number of rotatable bonds is 2. The average molecular weight is 245 g/mol. The van der Waals surface area contributed by atoms with Crippen LogP contribution in [-0.2, 0) is 6.18 Å². The monoisotopic (exact) mass is 245 g/mol. The molecule has 17 heavy (non-hydrogen) atoms. The average Bonchev–Trinajstić information content (AvgIpc) is 2.63. The minimum absolute atomic E-state index is 0.0803. The number of hydrogen-bond acceptors (Lipinski definition) is 2. The van der Waals surface area contributed by atoms with E-state index in [0.717, 1.165) is 31.6 Å². The van der Waals surface area contributed by atoms with Gasteiger partial charge in [-0.25, -0.2) is 0 Å². The summed E-state index contributed by atoms with van der Waals surface area (Å²) in [4.78, 5) is 2.13. The van der Waals surface area contributed by atoms with Crippen molar-refractivity contribution in [2.45, 2.75) is 18.7 Å². The number of likely N-dealkylation sites (N-methyl/N-ethyl adjacent to an activating group) is 1. The lowest BCUT2D eigenvalue weighted by molar-refractivity contribution is -0.137. The van der Waals surface area contributed by atoms with Crippen LogP contribution in [0.25, 0.3) is 0 Å². The summed E-state index contributed by atoms with van der Waals surface area (Å²) in [6, 6.07) is 4.85. The highest BCUT2D eigenvalue weighted by Gasteiger charge is 2.30. The summed E-state index contributed by atoms with van der Waals surface area (Å²) in [6.45, 7) is 1.78. The molecule has 1 fully saturated rings. The fourth-order valence-corrected chi connectivity index (χ4v) is 1.91. The van der Waals surface area contributed by atoms with Gasteiger partial charge in [0, 0.05) is 13.1 Å². The van der Waals surface area contributed by atoms with Gasteiger partial charge in [0.25, 0.3) is 0 Å². The second kappa shape index (κ2) is 4.56. The number of halogens is 3. The Morgan fingerprint density at radius 3 is 2.35 bits per heavy atom. The molecule has 0 amide bonds. The number of nitrogens with zero attached hydrogens (tertiary/aromatic N) is 1. The van der Waals surface area contributed by atoms with Crippen LogP contribution in [0.2, 0.25) is 0 Å². The van der Waals surface area contributed by atoms with Crippen LogP contribution >= 0.6 is 0 Å². The molecule has 1 aromatic carbocycles. The number of alkyl halides is 3. The molecule has 0 saturated carbocycles. The third-order valence-corrected chi connectivity index (χ3v) is 2.83. The topological polar surface area (TPSA) is 12.5 Å². The van der Waals surface area contributed by atoms with E-state index in [-0.39, 0.29) is 6.10 Å². The molecule has 5 heteroatoms. The van der Waals surface area contributed by atoms with Gasteiger partial charge < -0.3 is 9.64 Å². The van der Waals surface area contributed by atoms with E-state index in [1.54, 1.807) is 0 Å². The summed E-state index contributed by atoms with van der Waals surface area (Å²) in [5.74, 6) is 0.498. The smallest absolute Gasteiger partial charge is 0.416 e. The van der Waals surface area contributed by atoms with Gasteiger partial charge in [0.2, 0.25) is 0 Å². The van der Waals surface area contributed by atoms with Crippen LogP contribution in [-0.4, -0.2) is 31.1 Å². The Morgan fingerprint density at radius 2 is 1.88 bits per heavy atom. The van der Waals surface area contributed by atoms with Gasteiger partial charge in [-0.05, 0) is 37.7 Å². The first-order chi connectivity index (χ1) is 7.95. The highest BCUT2D eigenvalue weighted by atomic mass is 19.4. The van der Waals surface area contributed by atoms with Crippen LogP contribution in [0, 0.1) is 0 Å². The lowest BCUT2D eigenvalue weighted by Crippen LogP contribution is -2.21. The molecule has 1 heterocycles. The van der Waals surface area contributed by atoms with Crippen molar-refractivity contribution < 1.29 is 17.9 Å². The molecule has 1 aliphatic heterocycles. The lowest BCUT2D eigenvalue weighted by atomic mass is 10.2. The number of ether oxygens (including phenoxy) is 1. The summed E-state index contributed by atoms with van der Waals surface area (Å²) in [5.41, 5.74) is -0.645. The van der Waals surface area contributed by atoms with Gasteiger partial charge in [-0.15, -0.1) is 0 Å². The first kappa shape index (κ1) is 12.2. The molecule has 1 unspecified atom stereocenters. The van der Waals surface area contributed by atoms with Crippen molar-refractivity contribution in [2.75, 3.05) is 20.1 Å². The first-order valence-electron chi connectivity index (χ1n) is 5.47. The van der Waals surface area contributed by atoms with Gasteiger partial charge >= 0.3 is 6.18 Å². The maximum absolute atomic E-state index is 12.3. The van der Waals surface area contributed by atoms with Gasteiger partial charge in [0.05, 0.1) is 5.56 Å². The van der Waals surface area contributed by atoms with Gasteiger partial charge in [0.1, 0.15) is 11.9 Å². The van der Waals surface area contributed by atoms with E-state index in [0.29, 0.717) is 5.75 Å². The normalized spacial score (nSPS) is 21.8. The molecule has 0 aromatic heterocycles. The Bertz CT molecular complexity index is 374. The Kier molecular flexibility index (Phi) is 3.28. The van der Waals surface area contributed by atoms with Gasteiger partial charge in [0.15, 0.2) is 0 Å². The quantitative estimate of drug-likeness (QED) is 0.794. The molecule has 0 aliphatic carbocycles. The second-order valence-electron chi connectivity index (χ2n) is 4.31. The molecule has 1 atom stereocenters. The Morgan fingerprint density at radius 1 is 1.24 bits per heavy atom. The minimum atomic E-state index is -4.29. The summed E-state index contributed by atoms with van der Waals surface area (Å²) in [5, 5.41) is 0. The molecule has 0 bridgehead atoms. The molecular weight excluding hydrogens is 231 g/mol.